The highest BCUT2D eigenvalue weighted by Gasteiger charge is 2.17. The van der Waals surface area contributed by atoms with E-state index in [4.69, 9.17) is 21.7 Å². The van der Waals surface area contributed by atoms with E-state index in [9.17, 15) is 5.11 Å². The molecule has 4 rings (SSSR count). The standard InChI is InChI=1S/C20H23N3O3S2/c1-25-15-3-4-17-16(12-15)14(13-21-17)11-18-19(24)23(20(27)28-18)6-2-5-22-7-9-26-10-8-22/h3-4,11-13,24H,2,5-10H2,1H3/b14-11-. The molecule has 1 N–H and O–H groups in total. The summed E-state index contributed by atoms with van der Waals surface area (Å²) in [4.78, 5) is 7.58. The zero-order chi connectivity index (χ0) is 19.5. The summed E-state index contributed by atoms with van der Waals surface area (Å²) in [6.45, 7) is 5.24. The van der Waals surface area contributed by atoms with Crippen LogP contribution in [0.4, 0.5) is 5.69 Å². The first-order chi connectivity index (χ1) is 13.7. The van der Waals surface area contributed by atoms with Gasteiger partial charge in [0.2, 0.25) is 5.88 Å². The predicted octanol–water partition coefficient (Wildman–Crippen LogP) is 3.97. The number of thiazole rings is 1. The summed E-state index contributed by atoms with van der Waals surface area (Å²) < 4.78 is 13.2. The summed E-state index contributed by atoms with van der Waals surface area (Å²) >= 11 is 6.92. The van der Waals surface area contributed by atoms with Crippen LogP contribution in [0, 0.1) is 3.95 Å². The Balaban J connectivity index is 1.50. The number of ether oxygens (including phenoxy) is 2. The van der Waals surface area contributed by atoms with Crippen LogP contribution in [0.25, 0.3) is 11.6 Å². The van der Waals surface area contributed by atoms with Gasteiger partial charge >= 0.3 is 0 Å². The third kappa shape index (κ3) is 4.05. The number of aliphatic imine (C=N–C) groups is 1. The van der Waals surface area contributed by atoms with E-state index in [2.05, 4.69) is 9.89 Å². The molecule has 2 aromatic rings. The summed E-state index contributed by atoms with van der Waals surface area (Å²) in [6.07, 6.45) is 4.70. The quantitative estimate of drug-likeness (QED) is 0.721. The lowest BCUT2D eigenvalue weighted by atomic mass is 10.1. The van der Waals surface area contributed by atoms with Gasteiger partial charge in [0.25, 0.3) is 0 Å². The van der Waals surface area contributed by atoms with Crippen LogP contribution in [-0.4, -0.2) is 60.7 Å². The van der Waals surface area contributed by atoms with E-state index >= 15 is 0 Å². The second-order valence-corrected chi connectivity index (χ2v) is 8.43. The van der Waals surface area contributed by atoms with Gasteiger partial charge in [-0.2, -0.15) is 0 Å². The van der Waals surface area contributed by atoms with E-state index in [1.165, 1.54) is 11.3 Å². The van der Waals surface area contributed by atoms with Crippen molar-refractivity contribution in [2.45, 2.75) is 13.0 Å². The smallest absolute Gasteiger partial charge is 0.210 e. The van der Waals surface area contributed by atoms with Gasteiger partial charge < -0.3 is 14.6 Å². The minimum atomic E-state index is 0.231. The molecule has 0 unspecified atom stereocenters. The number of hydrogen-bond acceptors (Lipinski definition) is 7. The highest BCUT2D eigenvalue weighted by Crippen LogP contribution is 2.37. The third-order valence-electron chi connectivity index (χ3n) is 5.00. The topological polar surface area (TPSA) is 59.2 Å². The van der Waals surface area contributed by atoms with Crippen molar-refractivity contribution in [2.75, 3.05) is 40.0 Å². The fourth-order valence-corrected chi connectivity index (χ4v) is 4.74. The zero-order valence-corrected chi connectivity index (χ0v) is 17.4. The lowest BCUT2D eigenvalue weighted by Gasteiger charge is -2.26. The summed E-state index contributed by atoms with van der Waals surface area (Å²) in [5, 5.41) is 10.7. The maximum Gasteiger partial charge on any atom is 0.210 e. The molecule has 1 fully saturated rings. The second kappa shape index (κ2) is 8.57. The molecule has 0 amide bonds. The molecule has 1 saturated heterocycles. The van der Waals surface area contributed by atoms with Crippen molar-refractivity contribution >= 4 is 47.1 Å². The minimum absolute atomic E-state index is 0.231. The van der Waals surface area contributed by atoms with E-state index in [-0.39, 0.29) is 5.88 Å². The van der Waals surface area contributed by atoms with Gasteiger partial charge in [-0.1, -0.05) is 0 Å². The number of rotatable bonds is 6. The Morgan fingerprint density at radius 3 is 2.93 bits per heavy atom. The predicted molar refractivity (Wildman–Crippen MR) is 116 cm³/mol. The summed E-state index contributed by atoms with van der Waals surface area (Å²) in [5.74, 6) is 1.02. The van der Waals surface area contributed by atoms with Crippen molar-refractivity contribution in [3.63, 3.8) is 0 Å². The molecule has 0 aliphatic carbocycles. The normalized spacial score (nSPS) is 18.0. The Morgan fingerprint density at radius 2 is 2.14 bits per heavy atom. The summed E-state index contributed by atoms with van der Waals surface area (Å²) in [5.41, 5.74) is 2.85. The second-order valence-electron chi connectivity index (χ2n) is 6.76. The van der Waals surface area contributed by atoms with Gasteiger partial charge in [-0.25, -0.2) is 0 Å². The molecule has 28 heavy (non-hydrogen) atoms. The SMILES string of the molecule is COc1ccc2c(c1)/C(=C\c1sc(=S)n(CCCN3CCOCC3)c1O)C=N2. The molecule has 0 radical (unpaired) electrons. The van der Waals surface area contributed by atoms with Crippen LogP contribution < -0.4 is 4.74 Å². The number of morpholine rings is 1. The van der Waals surface area contributed by atoms with Gasteiger partial charge in [0.05, 0.1) is 30.9 Å². The maximum absolute atomic E-state index is 10.7. The number of hydrogen-bond donors (Lipinski definition) is 1. The molecule has 1 aromatic heterocycles. The van der Waals surface area contributed by atoms with Crippen LogP contribution in [0.5, 0.6) is 11.6 Å². The molecular weight excluding hydrogens is 394 g/mol. The molecule has 0 saturated carbocycles. The van der Waals surface area contributed by atoms with Crippen molar-refractivity contribution in [1.82, 2.24) is 9.47 Å². The maximum atomic E-state index is 10.7. The largest absolute Gasteiger partial charge is 0.497 e. The molecule has 2 aliphatic heterocycles. The Hall–Kier alpha value is -2.00. The lowest BCUT2D eigenvalue weighted by molar-refractivity contribution is 0.0368. The number of fused-ring (bicyclic) bond motifs is 1. The third-order valence-corrected chi connectivity index (χ3v) is 6.38. The molecule has 3 heterocycles. The lowest BCUT2D eigenvalue weighted by Crippen LogP contribution is -2.37. The number of benzene rings is 1. The van der Waals surface area contributed by atoms with Crippen molar-refractivity contribution in [3.8, 4) is 11.6 Å². The first kappa shape index (κ1) is 19.3. The molecule has 6 nitrogen and oxygen atoms in total. The van der Waals surface area contributed by atoms with Crippen molar-refractivity contribution < 1.29 is 14.6 Å². The number of aromatic hydroxyl groups is 1. The number of methoxy groups -OCH3 is 1. The monoisotopic (exact) mass is 417 g/mol. The first-order valence-electron chi connectivity index (χ1n) is 9.32. The van der Waals surface area contributed by atoms with E-state index in [0.717, 1.165) is 66.7 Å². The molecule has 148 valence electrons. The van der Waals surface area contributed by atoms with Gasteiger partial charge in [-0.15, -0.1) is 11.3 Å². The van der Waals surface area contributed by atoms with Crippen LogP contribution in [0.3, 0.4) is 0 Å². The Labute approximate surface area is 173 Å². The van der Waals surface area contributed by atoms with Crippen LogP contribution in [0.2, 0.25) is 0 Å². The molecular formula is C20H23N3O3S2. The van der Waals surface area contributed by atoms with Crippen LogP contribution >= 0.6 is 23.6 Å². The van der Waals surface area contributed by atoms with Gasteiger partial charge in [0.1, 0.15) is 5.75 Å². The number of nitrogens with zero attached hydrogens (tertiary/aromatic N) is 3. The van der Waals surface area contributed by atoms with Crippen molar-refractivity contribution in [1.29, 1.82) is 0 Å². The van der Waals surface area contributed by atoms with Gasteiger partial charge in [0.15, 0.2) is 3.95 Å². The van der Waals surface area contributed by atoms with Crippen LogP contribution in [0.1, 0.15) is 16.9 Å². The Kier molecular flexibility index (Phi) is 5.91. The van der Waals surface area contributed by atoms with E-state index in [1.807, 2.05) is 35.1 Å². The average molecular weight is 418 g/mol. The highest BCUT2D eigenvalue weighted by molar-refractivity contribution is 7.73. The van der Waals surface area contributed by atoms with Gasteiger partial charge in [0, 0.05) is 43.5 Å². The Morgan fingerprint density at radius 1 is 1.32 bits per heavy atom. The summed E-state index contributed by atoms with van der Waals surface area (Å²) in [7, 11) is 1.65. The molecule has 8 heteroatoms. The van der Waals surface area contributed by atoms with Crippen molar-refractivity contribution in [3.05, 3.63) is 32.6 Å². The van der Waals surface area contributed by atoms with Crippen LogP contribution in [-0.2, 0) is 11.3 Å². The van der Waals surface area contributed by atoms with E-state index < -0.39 is 0 Å². The van der Waals surface area contributed by atoms with Gasteiger partial charge in [-0.3, -0.25) is 14.5 Å². The first-order valence-corrected chi connectivity index (χ1v) is 10.5. The number of allylic oxidation sites excluding steroid dienone is 1. The van der Waals surface area contributed by atoms with Crippen LogP contribution in [0.15, 0.2) is 23.2 Å². The van der Waals surface area contributed by atoms with Crippen molar-refractivity contribution in [2.24, 2.45) is 4.99 Å². The highest BCUT2D eigenvalue weighted by atomic mass is 32.1. The molecule has 0 spiro atoms. The molecule has 0 bridgehead atoms. The molecule has 1 aromatic carbocycles. The minimum Gasteiger partial charge on any atom is -0.497 e. The summed E-state index contributed by atoms with van der Waals surface area (Å²) in [6, 6.07) is 5.79. The molecule has 0 atom stereocenters. The molecule has 2 aliphatic rings. The Bertz CT molecular complexity index is 972. The fraction of sp³-hybridized carbons (Fsp3) is 0.400. The van der Waals surface area contributed by atoms with E-state index in [0.29, 0.717) is 10.5 Å². The van der Waals surface area contributed by atoms with E-state index in [1.54, 1.807) is 7.11 Å². The average Bonchev–Trinajstić information content (AvgIpc) is 3.24. The fourth-order valence-electron chi connectivity index (χ4n) is 3.43. The number of aromatic nitrogens is 1. The van der Waals surface area contributed by atoms with Gasteiger partial charge in [-0.05, 0) is 42.9 Å². The zero-order valence-electron chi connectivity index (χ0n) is 15.8.